The van der Waals surface area contributed by atoms with Gasteiger partial charge in [0.1, 0.15) is 6.61 Å². The van der Waals surface area contributed by atoms with Crippen molar-refractivity contribution >= 4 is 28.4 Å². The first-order valence-electron chi connectivity index (χ1n) is 5.23. The van der Waals surface area contributed by atoms with E-state index in [1.54, 1.807) is 6.92 Å². The zero-order chi connectivity index (χ0) is 14.3. The number of oxime groups is 1. The Kier molecular flexibility index (Phi) is 6.71. The first-order chi connectivity index (χ1) is 9.04. The Labute approximate surface area is 114 Å². The van der Waals surface area contributed by atoms with Crippen molar-refractivity contribution in [3.8, 4) is 0 Å². The molecule has 0 radical (unpaired) electrons. The maximum absolute atomic E-state index is 12.6. The summed E-state index contributed by atoms with van der Waals surface area (Å²) in [6, 6.07) is 0. The SMILES string of the molecule is CCO/N=C/c1cnc(S(=O)CCC(F)=C(F)F)s1. The second kappa shape index (κ2) is 8.05. The molecular formula is C10H11F3N2O2S2. The van der Waals surface area contributed by atoms with Gasteiger partial charge in [-0.15, -0.1) is 11.3 Å². The van der Waals surface area contributed by atoms with Crippen LogP contribution in [0.1, 0.15) is 18.2 Å². The lowest BCUT2D eigenvalue weighted by Crippen LogP contribution is -1.98. The molecule has 0 N–H and O–H groups in total. The molecule has 1 rings (SSSR count). The van der Waals surface area contributed by atoms with Crippen LogP contribution in [-0.4, -0.2) is 27.8 Å². The average Bonchev–Trinajstić information content (AvgIpc) is 2.84. The molecule has 1 unspecified atom stereocenters. The quantitative estimate of drug-likeness (QED) is 0.574. The van der Waals surface area contributed by atoms with E-state index < -0.39 is 29.1 Å². The van der Waals surface area contributed by atoms with Crippen molar-refractivity contribution in [1.29, 1.82) is 0 Å². The topological polar surface area (TPSA) is 51.6 Å². The van der Waals surface area contributed by atoms with Crippen molar-refractivity contribution in [2.24, 2.45) is 5.16 Å². The molecule has 4 nitrogen and oxygen atoms in total. The van der Waals surface area contributed by atoms with Gasteiger partial charge in [-0.3, -0.25) is 4.21 Å². The van der Waals surface area contributed by atoms with Gasteiger partial charge in [-0.25, -0.2) is 9.37 Å². The van der Waals surface area contributed by atoms with Gasteiger partial charge in [-0.1, -0.05) is 5.16 Å². The summed E-state index contributed by atoms with van der Waals surface area (Å²) < 4.78 is 48.1. The zero-order valence-corrected chi connectivity index (χ0v) is 11.6. The van der Waals surface area contributed by atoms with Crippen molar-refractivity contribution in [1.82, 2.24) is 4.98 Å². The van der Waals surface area contributed by atoms with Crippen LogP contribution >= 0.6 is 11.3 Å². The highest BCUT2D eigenvalue weighted by Gasteiger charge is 2.12. The molecule has 106 valence electrons. The molecule has 0 spiro atoms. The molecule has 0 saturated heterocycles. The first-order valence-corrected chi connectivity index (χ1v) is 7.37. The fraction of sp³-hybridized carbons (Fsp3) is 0.400. The van der Waals surface area contributed by atoms with E-state index >= 15 is 0 Å². The van der Waals surface area contributed by atoms with Gasteiger partial charge in [0.2, 0.25) is 0 Å². The Balaban J connectivity index is 2.56. The summed E-state index contributed by atoms with van der Waals surface area (Å²) in [5, 5.41) is 3.61. The average molecular weight is 312 g/mol. The van der Waals surface area contributed by atoms with Crippen molar-refractivity contribution in [2.45, 2.75) is 17.7 Å². The molecule has 0 bridgehead atoms. The predicted octanol–water partition coefficient (Wildman–Crippen LogP) is 3.09. The van der Waals surface area contributed by atoms with Crippen molar-refractivity contribution in [3.05, 3.63) is 23.0 Å². The van der Waals surface area contributed by atoms with Crippen molar-refractivity contribution in [3.63, 3.8) is 0 Å². The summed E-state index contributed by atoms with van der Waals surface area (Å²) in [6.07, 6.45) is -0.108. The summed E-state index contributed by atoms with van der Waals surface area (Å²) in [4.78, 5) is 9.22. The largest absolute Gasteiger partial charge is 0.396 e. The van der Waals surface area contributed by atoms with E-state index in [4.69, 9.17) is 4.84 Å². The van der Waals surface area contributed by atoms with E-state index in [0.29, 0.717) is 11.5 Å². The van der Waals surface area contributed by atoms with Gasteiger partial charge in [-0.05, 0) is 6.92 Å². The molecule has 1 aromatic rings. The molecule has 0 aromatic carbocycles. The number of hydrogen-bond donors (Lipinski definition) is 0. The lowest BCUT2D eigenvalue weighted by atomic mass is 10.4. The Morgan fingerprint density at radius 1 is 1.58 bits per heavy atom. The standard InChI is InChI=1S/C10H11F3N2O2S2/c1-2-17-15-6-7-5-14-10(18-7)19(16)4-3-8(11)9(12)13/h5-6H,2-4H2,1H3/b15-6+. The van der Waals surface area contributed by atoms with Crippen LogP contribution in [0.2, 0.25) is 0 Å². The van der Waals surface area contributed by atoms with Crippen molar-refractivity contribution < 1.29 is 22.2 Å². The molecular weight excluding hydrogens is 301 g/mol. The van der Waals surface area contributed by atoms with Crippen LogP contribution in [0.25, 0.3) is 0 Å². The van der Waals surface area contributed by atoms with Gasteiger partial charge >= 0.3 is 6.08 Å². The number of hydrogen-bond acceptors (Lipinski definition) is 5. The van der Waals surface area contributed by atoms with Gasteiger partial charge in [0.15, 0.2) is 10.2 Å². The summed E-state index contributed by atoms with van der Waals surface area (Å²) in [6.45, 7) is 2.20. The van der Waals surface area contributed by atoms with Gasteiger partial charge in [0, 0.05) is 18.4 Å². The molecule has 0 aliphatic carbocycles. The Bertz CT molecular complexity index is 499. The third-order valence-corrected chi connectivity index (χ3v) is 4.40. The van der Waals surface area contributed by atoms with Crippen LogP contribution in [0.5, 0.6) is 0 Å². The van der Waals surface area contributed by atoms with Crippen LogP contribution in [0.15, 0.2) is 27.6 Å². The smallest absolute Gasteiger partial charge is 0.301 e. The number of aromatic nitrogens is 1. The van der Waals surface area contributed by atoms with E-state index in [-0.39, 0.29) is 10.1 Å². The van der Waals surface area contributed by atoms with E-state index in [2.05, 4.69) is 10.1 Å². The molecule has 9 heteroatoms. The maximum Gasteiger partial charge on any atom is 0.301 e. The lowest BCUT2D eigenvalue weighted by molar-refractivity contribution is 0.160. The molecule has 1 aromatic heterocycles. The predicted molar refractivity (Wildman–Crippen MR) is 67.6 cm³/mol. The van der Waals surface area contributed by atoms with Gasteiger partial charge in [0.25, 0.3) is 0 Å². The molecule has 1 atom stereocenters. The fourth-order valence-corrected chi connectivity index (χ4v) is 3.09. The van der Waals surface area contributed by atoms with Crippen LogP contribution in [0.4, 0.5) is 13.2 Å². The molecule has 1 heterocycles. The monoisotopic (exact) mass is 312 g/mol. The third-order valence-electron chi connectivity index (χ3n) is 1.79. The summed E-state index contributed by atoms with van der Waals surface area (Å²) in [7, 11) is -1.61. The maximum atomic E-state index is 12.6. The first kappa shape index (κ1) is 15.8. The Hall–Kier alpha value is -1.22. The molecule has 0 aliphatic rings. The molecule has 0 amide bonds. The Morgan fingerprint density at radius 2 is 2.32 bits per heavy atom. The molecule has 19 heavy (non-hydrogen) atoms. The van der Waals surface area contributed by atoms with Crippen LogP contribution < -0.4 is 0 Å². The van der Waals surface area contributed by atoms with E-state index in [1.165, 1.54) is 12.4 Å². The minimum atomic E-state index is -2.37. The molecule has 0 fully saturated rings. The highest BCUT2D eigenvalue weighted by Crippen LogP contribution is 2.19. The fourth-order valence-electron chi connectivity index (χ4n) is 0.963. The Morgan fingerprint density at radius 3 is 2.95 bits per heavy atom. The highest BCUT2D eigenvalue weighted by atomic mass is 32.2. The highest BCUT2D eigenvalue weighted by molar-refractivity contribution is 7.87. The third kappa shape index (κ3) is 5.52. The summed E-state index contributed by atoms with van der Waals surface area (Å²) in [5.74, 6) is -1.78. The van der Waals surface area contributed by atoms with Crippen molar-refractivity contribution in [2.75, 3.05) is 12.4 Å². The second-order valence-electron chi connectivity index (χ2n) is 3.15. The minimum absolute atomic E-state index is 0.237. The van der Waals surface area contributed by atoms with Gasteiger partial charge in [-0.2, -0.15) is 8.78 Å². The number of nitrogens with zero attached hydrogens (tertiary/aromatic N) is 2. The van der Waals surface area contributed by atoms with Gasteiger partial charge < -0.3 is 4.84 Å². The van der Waals surface area contributed by atoms with Crippen LogP contribution in [0.3, 0.4) is 0 Å². The minimum Gasteiger partial charge on any atom is -0.396 e. The lowest BCUT2D eigenvalue weighted by Gasteiger charge is -1.95. The van der Waals surface area contributed by atoms with Gasteiger partial charge in [0.05, 0.1) is 21.9 Å². The van der Waals surface area contributed by atoms with E-state index in [1.807, 2.05) is 0 Å². The second-order valence-corrected chi connectivity index (χ2v) is 5.95. The molecule has 0 aliphatic heterocycles. The number of thiazole rings is 1. The number of halogens is 3. The number of rotatable bonds is 7. The van der Waals surface area contributed by atoms with E-state index in [0.717, 1.165) is 11.3 Å². The normalized spacial score (nSPS) is 12.6. The summed E-state index contributed by atoms with van der Waals surface area (Å²) in [5.41, 5.74) is 0. The zero-order valence-electron chi connectivity index (χ0n) is 9.94. The van der Waals surface area contributed by atoms with Crippen LogP contribution in [-0.2, 0) is 15.6 Å². The number of allylic oxidation sites excluding steroid dienone is 1. The van der Waals surface area contributed by atoms with E-state index in [9.17, 15) is 17.4 Å². The molecule has 0 saturated carbocycles. The van der Waals surface area contributed by atoms with Crippen LogP contribution in [0, 0.1) is 0 Å². The summed E-state index contributed by atoms with van der Waals surface area (Å²) >= 11 is 1.08.